The van der Waals surface area contributed by atoms with Gasteiger partial charge in [0.15, 0.2) is 11.5 Å². The average molecular weight is 413 g/mol. The number of benzene rings is 2. The fraction of sp³-hybridized carbons (Fsp3) is 0.458. The molecule has 1 unspecified atom stereocenters. The summed E-state index contributed by atoms with van der Waals surface area (Å²) in [6.45, 7) is 5.94. The number of amides is 1. The van der Waals surface area contributed by atoms with Crippen molar-refractivity contribution in [3.63, 3.8) is 0 Å². The molecule has 1 atom stereocenters. The third kappa shape index (κ3) is 5.05. The van der Waals surface area contributed by atoms with Gasteiger partial charge in [-0.1, -0.05) is 31.2 Å². The van der Waals surface area contributed by atoms with Crippen LogP contribution in [0.1, 0.15) is 41.3 Å². The van der Waals surface area contributed by atoms with Crippen molar-refractivity contribution in [3.8, 4) is 17.2 Å². The van der Waals surface area contributed by atoms with Crippen molar-refractivity contribution >= 4 is 5.91 Å². The predicted molar refractivity (Wildman–Crippen MR) is 117 cm³/mol. The second-order valence-corrected chi connectivity index (χ2v) is 7.82. The van der Waals surface area contributed by atoms with Gasteiger partial charge in [0.05, 0.1) is 26.9 Å². The second kappa shape index (κ2) is 10.3. The number of rotatable bonds is 8. The highest BCUT2D eigenvalue weighted by atomic mass is 16.5. The zero-order chi connectivity index (χ0) is 21.5. The van der Waals surface area contributed by atoms with Crippen LogP contribution in [0.15, 0.2) is 36.4 Å². The Morgan fingerprint density at radius 2 is 1.77 bits per heavy atom. The molecule has 0 radical (unpaired) electrons. The van der Waals surface area contributed by atoms with E-state index in [0.29, 0.717) is 29.4 Å². The summed E-state index contributed by atoms with van der Waals surface area (Å²) in [5.41, 5.74) is 2.80. The molecule has 0 aromatic heterocycles. The van der Waals surface area contributed by atoms with Crippen molar-refractivity contribution in [3.05, 3.63) is 53.1 Å². The number of nitrogens with one attached hydrogen (secondary N) is 1. The van der Waals surface area contributed by atoms with Gasteiger partial charge in [0, 0.05) is 19.6 Å². The fourth-order valence-electron chi connectivity index (χ4n) is 4.11. The summed E-state index contributed by atoms with van der Waals surface area (Å²) in [7, 11) is 4.60. The molecule has 6 heteroatoms. The van der Waals surface area contributed by atoms with Crippen molar-refractivity contribution in [2.75, 3.05) is 34.4 Å². The van der Waals surface area contributed by atoms with Crippen LogP contribution in [0.2, 0.25) is 0 Å². The smallest absolute Gasteiger partial charge is 0.255 e. The Labute approximate surface area is 179 Å². The molecular weight excluding hydrogens is 380 g/mol. The number of hydrogen-bond donors (Lipinski definition) is 1. The van der Waals surface area contributed by atoms with Crippen LogP contribution in [-0.2, 0) is 13.1 Å². The predicted octanol–water partition coefficient (Wildman–Crippen LogP) is 3.87. The van der Waals surface area contributed by atoms with E-state index in [9.17, 15) is 4.79 Å². The molecule has 1 heterocycles. The van der Waals surface area contributed by atoms with E-state index in [0.717, 1.165) is 31.1 Å². The number of piperidine rings is 1. The van der Waals surface area contributed by atoms with Crippen LogP contribution in [0.4, 0.5) is 0 Å². The zero-order valence-electron chi connectivity index (χ0n) is 18.4. The third-order valence-electron chi connectivity index (χ3n) is 5.64. The number of carbonyl (C=O) groups excluding carboxylic acids is 1. The molecule has 1 aliphatic rings. The van der Waals surface area contributed by atoms with Crippen LogP contribution >= 0.6 is 0 Å². The van der Waals surface area contributed by atoms with E-state index in [-0.39, 0.29) is 5.91 Å². The van der Waals surface area contributed by atoms with Gasteiger partial charge in [-0.05, 0) is 48.6 Å². The second-order valence-electron chi connectivity index (χ2n) is 7.82. The molecular formula is C24H32N2O4. The van der Waals surface area contributed by atoms with Crippen LogP contribution in [0.3, 0.4) is 0 Å². The van der Waals surface area contributed by atoms with Crippen LogP contribution in [0.25, 0.3) is 0 Å². The van der Waals surface area contributed by atoms with Crippen LogP contribution in [0.5, 0.6) is 17.2 Å². The lowest BCUT2D eigenvalue weighted by molar-refractivity contribution is 0.0947. The van der Waals surface area contributed by atoms with Crippen molar-refractivity contribution in [2.24, 2.45) is 5.92 Å². The SMILES string of the molecule is COc1ccc(C(=O)NCc2ccccc2CN2CCCC(C)C2)c(OC)c1OC. The highest BCUT2D eigenvalue weighted by Gasteiger charge is 2.21. The van der Waals surface area contributed by atoms with Gasteiger partial charge in [-0.2, -0.15) is 0 Å². The van der Waals surface area contributed by atoms with Gasteiger partial charge in [-0.15, -0.1) is 0 Å². The largest absolute Gasteiger partial charge is 0.493 e. The summed E-state index contributed by atoms with van der Waals surface area (Å²) < 4.78 is 16.1. The molecule has 1 amide bonds. The third-order valence-corrected chi connectivity index (χ3v) is 5.64. The van der Waals surface area contributed by atoms with Crippen LogP contribution in [0, 0.1) is 5.92 Å². The van der Waals surface area contributed by atoms with Crippen molar-refractivity contribution in [1.82, 2.24) is 10.2 Å². The minimum absolute atomic E-state index is 0.214. The van der Waals surface area contributed by atoms with Gasteiger partial charge in [-0.3, -0.25) is 9.69 Å². The number of nitrogens with zero attached hydrogens (tertiary/aromatic N) is 1. The maximum Gasteiger partial charge on any atom is 0.255 e. The first-order chi connectivity index (χ1) is 14.6. The van der Waals surface area contributed by atoms with Crippen molar-refractivity contribution < 1.29 is 19.0 Å². The molecule has 1 N–H and O–H groups in total. The lowest BCUT2D eigenvalue weighted by Crippen LogP contribution is -2.34. The molecule has 3 rings (SSSR count). The normalized spacial score (nSPS) is 16.7. The lowest BCUT2D eigenvalue weighted by Gasteiger charge is -2.31. The van der Waals surface area contributed by atoms with Gasteiger partial charge in [0.1, 0.15) is 0 Å². The molecule has 0 aliphatic carbocycles. The quantitative estimate of drug-likeness (QED) is 0.713. The topological polar surface area (TPSA) is 60.0 Å². The van der Waals surface area contributed by atoms with E-state index >= 15 is 0 Å². The zero-order valence-corrected chi connectivity index (χ0v) is 18.4. The highest BCUT2D eigenvalue weighted by Crippen LogP contribution is 2.39. The molecule has 1 saturated heterocycles. The van der Waals surface area contributed by atoms with E-state index in [1.54, 1.807) is 19.2 Å². The van der Waals surface area contributed by atoms with Gasteiger partial charge in [0.2, 0.25) is 5.75 Å². The van der Waals surface area contributed by atoms with E-state index in [1.165, 1.54) is 32.6 Å². The van der Waals surface area contributed by atoms with E-state index in [4.69, 9.17) is 14.2 Å². The number of hydrogen-bond acceptors (Lipinski definition) is 5. The number of carbonyl (C=O) groups is 1. The summed E-state index contributed by atoms with van der Waals surface area (Å²) >= 11 is 0. The molecule has 0 saturated carbocycles. The van der Waals surface area contributed by atoms with Gasteiger partial charge in [-0.25, -0.2) is 0 Å². The molecule has 30 heavy (non-hydrogen) atoms. The highest BCUT2D eigenvalue weighted by molar-refractivity contribution is 5.98. The Kier molecular flexibility index (Phi) is 7.57. The van der Waals surface area contributed by atoms with Gasteiger partial charge >= 0.3 is 0 Å². The van der Waals surface area contributed by atoms with Gasteiger partial charge < -0.3 is 19.5 Å². The summed E-state index contributed by atoms with van der Waals surface area (Å²) in [5, 5.41) is 3.03. The monoisotopic (exact) mass is 412 g/mol. The fourth-order valence-corrected chi connectivity index (χ4v) is 4.11. The molecule has 2 aromatic rings. The van der Waals surface area contributed by atoms with Crippen LogP contribution in [-0.4, -0.2) is 45.2 Å². The number of likely N-dealkylation sites (tertiary alicyclic amines) is 1. The Morgan fingerprint density at radius 1 is 1.03 bits per heavy atom. The molecule has 6 nitrogen and oxygen atoms in total. The Morgan fingerprint density at radius 3 is 2.43 bits per heavy atom. The number of ether oxygens (including phenoxy) is 3. The number of methoxy groups -OCH3 is 3. The minimum atomic E-state index is -0.214. The summed E-state index contributed by atoms with van der Waals surface area (Å²) in [4.78, 5) is 15.4. The van der Waals surface area contributed by atoms with Gasteiger partial charge in [0.25, 0.3) is 5.91 Å². The summed E-state index contributed by atoms with van der Waals surface area (Å²) in [5.74, 6) is 1.82. The lowest BCUT2D eigenvalue weighted by atomic mass is 9.99. The Hall–Kier alpha value is -2.73. The average Bonchev–Trinajstić information content (AvgIpc) is 2.77. The first-order valence-corrected chi connectivity index (χ1v) is 10.4. The molecule has 1 aliphatic heterocycles. The maximum atomic E-state index is 12.9. The summed E-state index contributed by atoms with van der Waals surface area (Å²) in [6, 6.07) is 11.7. The van der Waals surface area contributed by atoms with Crippen molar-refractivity contribution in [1.29, 1.82) is 0 Å². The molecule has 0 bridgehead atoms. The van der Waals surface area contributed by atoms with Crippen LogP contribution < -0.4 is 19.5 Å². The van der Waals surface area contributed by atoms with Crippen molar-refractivity contribution in [2.45, 2.75) is 32.9 Å². The summed E-state index contributed by atoms with van der Waals surface area (Å²) in [6.07, 6.45) is 2.56. The first-order valence-electron chi connectivity index (χ1n) is 10.4. The standard InChI is InChI=1S/C24H32N2O4/c1-17-8-7-13-26(15-17)16-19-10-6-5-9-18(19)14-25-24(27)20-11-12-21(28-2)23(30-4)22(20)29-3/h5-6,9-12,17H,7-8,13-16H2,1-4H3,(H,25,27). The Balaban J connectivity index is 1.72. The maximum absolute atomic E-state index is 12.9. The van der Waals surface area contributed by atoms with E-state index < -0.39 is 0 Å². The van der Waals surface area contributed by atoms with E-state index in [2.05, 4.69) is 35.3 Å². The molecule has 2 aromatic carbocycles. The molecule has 162 valence electrons. The minimum Gasteiger partial charge on any atom is -0.493 e. The Bertz CT molecular complexity index is 868. The molecule has 0 spiro atoms. The van der Waals surface area contributed by atoms with E-state index in [1.807, 2.05) is 6.07 Å². The molecule has 1 fully saturated rings. The first kappa shape index (κ1) is 22.0.